The molecule has 4 heteroatoms. The molecule has 4 nitrogen and oxygen atoms in total. The third kappa shape index (κ3) is 3.27. The first kappa shape index (κ1) is 17.5. The number of anilines is 2. The van der Waals surface area contributed by atoms with Crippen LogP contribution in [0.25, 0.3) is 5.69 Å². The van der Waals surface area contributed by atoms with Crippen LogP contribution in [0.4, 0.5) is 11.5 Å². The summed E-state index contributed by atoms with van der Waals surface area (Å²) in [6, 6.07) is 16.3. The van der Waals surface area contributed by atoms with Gasteiger partial charge in [-0.3, -0.25) is 4.79 Å². The molecule has 0 fully saturated rings. The maximum absolute atomic E-state index is 13.0. The molecule has 0 amide bonds. The maximum atomic E-state index is 13.0. The van der Waals surface area contributed by atoms with Crippen LogP contribution >= 0.6 is 0 Å². The van der Waals surface area contributed by atoms with Crippen LogP contribution in [0.15, 0.2) is 48.5 Å². The minimum absolute atomic E-state index is 0.0618. The number of hydrogen-bond donors (Lipinski definition) is 1. The molecule has 1 aromatic heterocycles. The molecule has 0 atom stereocenters. The lowest BCUT2D eigenvalue weighted by atomic mass is 9.76. The highest BCUT2D eigenvalue weighted by Gasteiger charge is 2.36. The Morgan fingerprint density at radius 2 is 1.78 bits per heavy atom. The SMILES string of the molecule is Cc1ccc(Nc2nn(-c3ccccc3)c3c2C(=O)CC(C)(C)C3)c(C)c1. The van der Waals surface area contributed by atoms with Crippen molar-refractivity contribution in [2.45, 2.75) is 40.5 Å². The summed E-state index contributed by atoms with van der Waals surface area (Å²) < 4.78 is 1.93. The molecule has 4 rings (SSSR count). The van der Waals surface area contributed by atoms with Gasteiger partial charge in [0.05, 0.1) is 16.9 Å². The Morgan fingerprint density at radius 1 is 1.04 bits per heavy atom. The third-order valence-corrected chi connectivity index (χ3v) is 5.18. The molecule has 3 aromatic rings. The van der Waals surface area contributed by atoms with Crippen LogP contribution in [0, 0.1) is 19.3 Å². The fraction of sp³-hybridized carbons (Fsp3) is 0.304. The molecule has 1 N–H and O–H groups in total. The number of benzene rings is 2. The molecule has 138 valence electrons. The van der Waals surface area contributed by atoms with Crippen molar-refractivity contribution in [3.63, 3.8) is 0 Å². The number of nitrogens with zero attached hydrogens (tertiary/aromatic N) is 2. The molecule has 1 aliphatic carbocycles. The van der Waals surface area contributed by atoms with Gasteiger partial charge in [0, 0.05) is 12.1 Å². The molecular weight excluding hydrogens is 334 g/mol. The Labute approximate surface area is 160 Å². The van der Waals surface area contributed by atoms with Gasteiger partial charge in [0.2, 0.25) is 0 Å². The van der Waals surface area contributed by atoms with E-state index in [9.17, 15) is 4.79 Å². The van der Waals surface area contributed by atoms with Gasteiger partial charge in [-0.2, -0.15) is 0 Å². The summed E-state index contributed by atoms with van der Waals surface area (Å²) in [5, 5.41) is 8.24. The number of carbonyl (C=O) groups excluding carboxylic acids is 1. The van der Waals surface area contributed by atoms with Crippen LogP contribution in [0.3, 0.4) is 0 Å². The van der Waals surface area contributed by atoms with Crippen molar-refractivity contribution in [2.75, 3.05) is 5.32 Å². The van der Waals surface area contributed by atoms with E-state index in [1.54, 1.807) is 0 Å². The smallest absolute Gasteiger partial charge is 0.169 e. The standard InChI is InChI=1S/C23H25N3O/c1-15-10-11-18(16(2)12-15)24-22-21-19(13-23(3,4)14-20(21)27)26(25-22)17-8-6-5-7-9-17/h5-12H,13-14H2,1-4H3,(H,24,25). The van der Waals surface area contributed by atoms with E-state index in [1.807, 2.05) is 35.0 Å². The Morgan fingerprint density at radius 3 is 2.48 bits per heavy atom. The number of fused-ring (bicyclic) bond motifs is 1. The van der Waals surface area contributed by atoms with Crippen molar-refractivity contribution >= 4 is 17.3 Å². The molecule has 27 heavy (non-hydrogen) atoms. The second-order valence-corrected chi connectivity index (χ2v) is 8.30. The maximum Gasteiger partial charge on any atom is 0.169 e. The number of aromatic nitrogens is 2. The van der Waals surface area contributed by atoms with Crippen molar-refractivity contribution in [1.29, 1.82) is 0 Å². The van der Waals surface area contributed by atoms with E-state index in [0.717, 1.165) is 34.6 Å². The molecule has 0 unspecified atom stereocenters. The molecule has 0 saturated carbocycles. The van der Waals surface area contributed by atoms with E-state index in [2.05, 4.69) is 51.2 Å². The highest BCUT2D eigenvalue weighted by atomic mass is 16.1. The van der Waals surface area contributed by atoms with Crippen LogP contribution in [0.5, 0.6) is 0 Å². The van der Waals surface area contributed by atoms with Gasteiger partial charge in [-0.15, -0.1) is 5.10 Å². The fourth-order valence-electron chi connectivity index (χ4n) is 3.90. The lowest BCUT2D eigenvalue weighted by Crippen LogP contribution is -2.28. The number of aryl methyl sites for hydroxylation is 2. The van der Waals surface area contributed by atoms with Crippen LogP contribution < -0.4 is 5.32 Å². The van der Waals surface area contributed by atoms with E-state index in [4.69, 9.17) is 5.10 Å². The largest absolute Gasteiger partial charge is 0.338 e. The van der Waals surface area contributed by atoms with Gasteiger partial charge < -0.3 is 5.32 Å². The second-order valence-electron chi connectivity index (χ2n) is 8.30. The van der Waals surface area contributed by atoms with Gasteiger partial charge in [-0.05, 0) is 49.4 Å². The summed E-state index contributed by atoms with van der Waals surface area (Å²) in [7, 11) is 0. The quantitative estimate of drug-likeness (QED) is 0.682. The number of nitrogens with one attached hydrogen (secondary N) is 1. The van der Waals surface area contributed by atoms with Gasteiger partial charge in [-0.25, -0.2) is 4.68 Å². The summed E-state index contributed by atoms with van der Waals surface area (Å²) in [6.45, 7) is 8.44. The normalized spacial score (nSPS) is 15.5. The van der Waals surface area contributed by atoms with Crippen molar-refractivity contribution in [3.8, 4) is 5.69 Å². The van der Waals surface area contributed by atoms with Crippen LogP contribution in [0.1, 0.15) is 47.4 Å². The molecule has 1 heterocycles. The molecule has 0 saturated heterocycles. The molecular formula is C23H25N3O. The first-order valence-corrected chi connectivity index (χ1v) is 9.39. The van der Waals surface area contributed by atoms with Gasteiger partial charge in [0.25, 0.3) is 0 Å². The zero-order valence-corrected chi connectivity index (χ0v) is 16.3. The van der Waals surface area contributed by atoms with Crippen molar-refractivity contribution < 1.29 is 4.79 Å². The number of carbonyl (C=O) groups is 1. The van der Waals surface area contributed by atoms with Gasteiger partial charge >= 0.3 is 0 Å². The minimum Gasteiger partial charge on any atom is -0.338 e. The molecule has 2 aromatic carbocycles. The summed E-state index contributed by atoms with van der Waals surface area (Å²) in [5.41, 5.74) is 5.99. The Bertz CT molecular complexity index is 1020. The summed E-state index contributed by atoms with van der Waals surface area (Å²) >= 11 is 0. The summed E-state index contributed by atoms with van der Waals surface area (Å²) in [6.07, 6.45) is 1.37. The number of ketones is 1. The number of Topliss-reactive ketones (excluding diaryl/α,β-unsaturated/α-hetero) is 1. The van der Waals surface area contributed by atoms with Crippen molar-refractivity contribution in [2.24, 2.45) is 5.41 Å². The molecule has 0 bridgehead atoms. The number of hydrogen-bond acceptors (Lipinski definition) is 3. The average molecular weight is 359 g/mol. The fourth-order valence-corrected chi connectivity index (χ4v) is 3.90. The first-order valence-electron chi connectivity index (χ1n) is 9.39. The highest BCUT2D eigenvalue weighted by Crippen LogP contribution is 2.39. The van der Waals surface area contributed by atoms with Crippen LogP contribution in [0.2, 0.25) is 0 Å². The topological polar surface area (TPSA) is 46.9 Å². The first-order chi connectivity index (χ1) is 12.8. The summed E-state index contributed by atoms with van der Waals surface area (Å²) in [4.78, 5) is 13.0. The lowest BCUT2D eigenvalue weighted by Gasteiger charge is -2.29. The Hall–Kier alpha value is -2.88. The van der Waals surface area contributed by atoms with E-state index in [0.29, 0.717) is 12.2 Å². The van der Waals surface area contributed by atoms with Gasteiger partial charge in [0.1, 0.15) is 0 Å². The van der Waals surface area contributed by atoms with Crippen molar-refractivity contribution in [1.82, 2.24) is 9.78 Å². The van der Waals surface area contributed by atoms with Crippen LogP contribution in [-0.2, 0) is 6.42 Å². The average Bonchev–Trinajstić information content (AvgIpc) is 2.95. The van der Waals surface area contributed by atoms with Gasteiger partial charge in [0.15, 0.2) is 11.6 Å². The zero-order chi connectivity index (χ0) is 19.2. The van der Waals surface area contributed by atoms with E-state index < -0.39 is 0 Å². The van der Waals surface area contributed by atoms with Crippen molar-refractivity contribution in [3.05, 3.63) is 70.9 Å². The van der Waals surface area contributed by atoms with E-state index in [-0.39, 0.29) is 11.2 Å². The molecule has 0 aliphatic heterocycles. The van der Waals surface area contributed by atoms with E-state index in [1.165, 1.54) is 5.56 Å². The molecule has 1 aliphatic rings. The zero-order valence-electron chi connectivity index (χ0n) is 16.3. The number of rotatable bonds is 3. The van der Waals surface area contributed by atoms with Gasteiger partial charge in [-0.1, -0.05) is 49.7 Å². The third-order valence-electron chi connectivity index (χ3n) is 5.18. The summed E-state index contributed by atoms with van der Waals surface area (Å²) in [5.74, 6) is 0.817. The second kappa shape index (κ2) is 6.38. The minimum atomic E-state index is -0.0618. The Balaban J connectivity index is 1.85. The molecule has 0 radical (unpaired) electrons. The monoisotopic (exact) mass is 359 g/mol. The van der Waals surface area contributed by atoms with E-state index >= 15 is 0 Å². The highest BCUT2D eigenvalue weighted by molar-refractivity contribution is 6.03. The molecule has 0 spiro atoms. The number of para-hydroxylation sites is 1. The predicted molar refractivity (Wildman–Crippen MR) is 109 cm³/mol. The van der Waals surface area contributed by atoms with Crippen LogP contribution in [-0.4, -0.2) is 15.6 Å². The lowest BCUT2D eigenvalue weighted by molar-refractivity contribution is 0.0912. The predicted octanol–water partition coefficient (Wildman–Crippen LogP) is 5.39. The Kier molecular flexibility index (Phi) is 4.14.